The van der Waals surface area contributed by atoms with Crippen molar-refractivity contribution in [1.29, 1.82) is 0 Å². The first-order chi connectivity index (χ1) is 12.3. The van der Waals surface area contributed by atoms with E-state index in [1.807, 2.05) is 0 Å². The van der Waals surface area contributed by atoms with Crippen LogP contribution in [0.5, 0.6) is 0 Å². The predicted molar refractivity (Wildman–Crippen MR) is 89.0 cm³/mol. The average molecular weight is 359 g/mol. The number of benzene rings is 2. The van der Waals surface area contributed by atoms with Crippen LogP contribution in [-0.2, 0) is 15.1 Å². The molecule has 6 nitrogen and oxygen atoms in total. The largest absolute Gasteiger partial charge is 0.325 e. The molecule has 2 N–H and O–H groups in total. The van der Waals surface area contributed by atoms with Crippen molar-refractivity contribution in [2.75, 3.05) is 11.9 Å². The van der Waals surface area contributed by atoms with E-state index < -0.39 is 41.6 Å². The Morgan fingerprint density at radius 2 is 1.85 bits per heavy atom. The topological polar surface area (TPSA) is 78.5 Å². The summed E-state index contributed by atoms with van der Waals surface area (Å²) in [5.74, 6) is -2.99. The number of imide groups is 1. The summed E-state index contributed by atoms with van der Waals surface area (Å²) < 4.78 is 26.8. The van der Waals surface area contributed by atoms with Crippen LogP contribution in [0, 0.1) is 11.6 Å². The first-order valence-corrected chi connectivity index (χ1v) is 7.76. The first kappa shape index (κ1) is 17.5. The van der Waals surface area contributed by atoms with Crippen LogP contribution in [0.2, 0.25) is 0 Å². The highest BCUT2D eigenvalue weighted by Crippen LogP contribution is 2.28. The molecule has 3 rings (SSSR count). The zero-order valence-corrected chi connectivity index (χ0v) is 13.8. The number of nitrogens with zero attached hydrogens (tertiary/aromatic N) is 1. The normalized spacial score (nSPS) is 19.4. The molecule has 0 spiro atoms. The van der Waals surface area contributed by atoms with E-state index in [0.717, 1.165) is 23.1 Å². The Balaban J connectivity index is 1.76. The second-order valence-electron chi connectivity index (χ2n) is 5.98. The van der Waals surface area contributed by atoms with Gasteiger partial charge in [-0.15, -0.1) is 0 Å². The molecule has 1 aliphatic heterocycles. The number of urea groups is 1. The standard InChI is InChI=1S/C18H15F2N3O3/c1-18(11-5-3-2-4-6-11)16(25)23(17(26)22-18)10-15(24)21-14-9-12(19)7-8-13(14)20/h2-9H,10H2,1H3,(H,21,24)(H,22,26). The molecule has 2 aromatic carbocycles. The Morgan fingerprint density at radius 3 is 2.54 bits per heavy atom. The van der Waals surface area contributed by atoms with E-state index in [1.165, 1.54) is 6.92 Å². The highest BCUT2D eigenvalue weighted by Gasteiger charge is 2.49. The third-order valence-electron chi connectivity index (χ3n) is 4.13. The van der Waals surface area contributed by atoms with Gasteiger partial charge in [0.25, 0.3) is 5.91 Å². The van der Waals surface area contributed by atoms with Crippen LogP contribution in [-0.4, -0.2) is 29.3 Å². The van der Waals surface area contributed by atoms with E-state index in [2.05, 4.69) is 10.6 Å². The third-order valence-corrected chi connectivity index (χ3v) is 4.13. The van der Waals surface area contributed by atoms with Gasteiger partial charge in [-0.2, -0.15) is 0 Å². The van der Waals surface area contributed by atoms with E-state index >= 15 is 0 Å². The average Bonchev–Trinajstić information content (AvgIpc) is 2.83. The van der Waals surface area contributed by atoms with Crippen LogP contribution in [0.1, 0.15) is 12.5 Å². The minimum Gasteiger partial charge on any atom is -0.322 e. The maximum absolute atomic E-state index is 13.6. The summed E-state index contributed by atoms with van der Waals surface area (Å²) in [6.45, 7) is 0.912. The predicted octanol–water partition coefficient (Wildman–Crippen LogP) is 2.37. The Morgan fingerprint density at radius 1 is 1.15 bits per heavy atom. The highest BCUT2D eigenvalue weighted by atomic mass is 19.1. The summed E-state index contributed by atoms with van der Waals surface area (Å²) in [5.41, 5.74) is -1.10. The molecule has 2 aromatic rings. The molecule has 1 fully saturated rings. The fourth-order valence-electron chi connectivity index (χ4n) is 2.73. The molecule has 0 saturated carbocycles. The van der Waals surface area contributed by atoms with E-state index in [4.69, 9.17) is 0 Å². The zero-order valence-electron chi connectivity index (χ0n) is 13.8. The number of carbonyl (C=O) groups excluding carboxylic acids is 3. The number of nitrogens with one attached hydrogen (secondary N) is 2. The van der Waals surface area contributed by atoms with E-state index in [0.29, 0.717) is 5.56 Å². The van der Waals surface area contributed by atoms with Gasteiger partial charge in [0.2, 0.25) is 5.91 Å². The SMILES string of the molecule is CC1(c2ccccc2)NC(=O)N(CC(=O)Nc2cc(F)ccc2F)C1=O. The summed E-state index contributed by atoms with van der Waals surface area (Å²) in [7, 11) is 0. The fourth-order valence-corrected chi connectivity index (χ4v) is 2.73. The molecule has 134 valence electrons. The number of halogens is 2. The van der Waals surface area contributed by atoms with Gasteiger partial charge < -0.3 is 10.6 Å². The lowest BCUT2D eigenvalue weighted by Gasteiger charge is -2.22. The van der Waals surface area contributed by atoms with Gasteiger partial charge in [-0.25, -0.2) is 13.6 Å². The Bertz CT molecular complexity index is 889. The van der Waals surface area contributed by atoms with Crippen molar-refractivity contribution in [2.24, 2.45) is 0 Å². The summed E-state index contributed by atoms with van der Waals surface area (Å²) in [6.07, 6.45) is 0. The summed E-state index contributed by atoms with van der Waals surface area (Å²) >= 11 is 0. The van der Waals surface area contributed by atoms with Crippen LogP contribution in [0.3, 0.4) is 0 Å². The van der Waals surface area contributed by atoms with E-state index in [1.54, 1.807) is 30.3 Å². The van der Waals surface area contributed by atoms with Gasteiger partial charge >= 0.3 is 6.03 Å². The molecule has 4 amide bonds. The molecular formula is C18H15F2N3O3. The van der Waals surface area contributed by atoms with Crippen molar-refractivity contribution in [2.45, 2.75) is 12.5 Å². The maximum Gasteiger partial charge on any atom is 0.325 e. The molecule has 1 atom stereocenters. The van der Waals surface area contributed by atoms with Crippen LogP contribution < -0.4 is 10.6 Å². The minimum absolute atomic E-state index is 0.368. The van der Waals surface area contributed by atoms with Gasteiger partial charge in [-0.3, -0.25) is 14.5 Å². The Labute approximate surface area is 147 Å². The maximum atomic E-state index is 13.6. The molecule has 0 aliphatic carbocycles. The number of carbonyl (C=O) groups is 3. The van der Waals surface area contributed by atoms with Crippen LogP contribution in [0.4, 0.5) is 19.3 Å². The van der Waals surface area contributed by atoms with Crippen LogP contribution in [0.15, 0.2) is 48.5 Å². The second-order valence-corrected chi connectivity index (χ2v) is 5.98. The number of hydrogen-bond donors (Lipinski definition) is 2. The highest BCUT2D eigenvalue weighted by molar-refractivity contribution is 6.10. The van der Waals surface area contributed by atoms with Crippen molar-refractivity contribution in [3.8, 4) is 0 Å². The number of rotatable bonds is 4. The van der Waals surface area contributed by atoms with Crippen molar-refractivity contribution in [3.63, 3.8) is 0 Å². The second kappa shape index (κ2) is 6.55. The van der Waals surface area contributed by atoms with Gasteiger partial charge in [-0.05, 0) is 24.6 Å². The Hall–Kier alpha value is -3.29. The van der Waals surface area contributed by atoms with Crippen LogP contribution in [0.25, 0.3) is 0 Å². The molecule has 1 saturated heterocycles. The van der Waals surface area contributed by atoms with Gasteiger partial charge in [0.15, 0.2) is 0 Å². The summed E-state index contributed by atoms with van der Waals surface area (Å²) in [5, 5.41) is 4.72. The van der Waals surface area contributed by atoms with Gasteiger partial charge in [-0.1, -0.05) is 30.3 Å². The Kier molecular flexibility index (Phi) is 4.41. The van der Waals surface area contributed by atoms with Crippen molar-refractivity contribution in [3.05, 3.63) is 65.7 Å². The number of hydrogen-bond acceptors (Lipinski definition) is 3. The van der Waals surface area contributed by atoms with Crippen molar-refractivity contribution < 1.29 is 23.2 Å². The molecule has 26 heavy (non-hydrogen) atoms. The van der Waals surface area contributed by atoms with Crippen LogP contribution >= 0.6 is 0 Å². The van der Waals surface area contributed by atoms with E-state index in [9.17, 15) is 23.2 Å². The fraction of sp³-hybridized carbons (Fsp3) is 0.167. The number of amides is 4. The molecule has 0 radical (unpaired) electrons. The van der Waals surface area contributed by atoms with Crippen molar-refractivity contribution >= 4 is 23.5 Å². The third kappa shape index (κ3) is 3.13. The lowest BCUT2D eigenvalue weighted by atomic mass is 9.92. The molecule has 1 unspecified atom stereocenters. The molecule has 0 aromatic heterocycles. The molecular weight excluding hydrogens is 344 g/mol. The lowest BCUT2D eigenvalue weighted by Crippen LogP contribution is -2.42. The molecule has 1 aliphatic rings. The van der Waals surface area contributed by atoms with Crippen molar-refractivity contribution in [1.82, 2.24) is 10.2 Å². The lowest BCUT2D eigenvalue weighted by molar-refractivity contribution is -0.133. The van der Waals surface area contributed by atoms with Gasteiger partial charge in [0.1, 0.15) is 23.7 Å². The zero-order chi connectivity index (χ0) is 18.9. The number of anilines is 1. The summed E-state index contributed by atoms with van der Waals surface area (Å²) in [6, 6.07) is 10.4. The van der Waals surface area contributed by atoms with Gasteiger partial charge in [0.05, 0.1) is 5.69 Å². The van der Waals surface area contributed by atoms with Gasteiger partial charge in [0, 0.05) is 6.07 Å². The monoisotopic (exact) mass is 359 g/mol. The van der Waals surface area contributed by atoms with E-state index in [-0.39, 0.29) is 5.69 Å². The molecule has 0 bridgehead atoms. The molecule has 1 heterocycles. The first-order valence-electron chi connectivity index (χ1n) is 7.76. The smallest absolute Gasteiger partial charge is 0.322 e. The summed E-state index contributed by atoms with van der Waals surface area (Å²) in [4.78, 5) is 37.7. The molecule has 8 heteroatoms. The minimum atomic E-state index is -1.30. The quantitative estimate of drug-likeness (QED) is 0.823.